The summed E-state index contributed by atoms with van der Waals surface area (Å²) in [6.45, 7) is 10.5. The van der Waals surface area contributed by atoms with E-state index in [1.54, 1.807) is 0 Å². The molecule has 1 rings (SSSR count). The molecule has 0 atom stereocenters. The topological polar surface area (TPSA) is 0 Å². The SMILES string of the molecule is CCCCCCCCCCC[N+]1(CCC)CCCCC1. The fourth-order valence-electron chi connectivity index (χ4n) is 3.97. The fraction of sp³-hybridized carbons (Fsp3) is 1.00. The minimum atomic E-state index is 1.37. The van der Waals surface area contributed by atoms with E-state index in [0.29, 0.717) is 0 Å². The molecule has 120 valence electrons. The van der Waals surface area contributed by atoms with Crippen molar-refractivity contribution in [2.24, 2.45) is 0 Å². The maximum absolute atomic E-state index is 2.37. The van der Waals surface area contributed by atoms with Crippen molar-refractivity contribution in [3.63, 3.8) is 0 Å². The highest BCUT2D eigenvalue weighted by Gasteiger charge is 2.27. The maximum Gasteiger partial charge on any atom is 0.0786 e. The third kappa shape index (κ3) is 7.67. The summed E-state index contributed by atoms with van der Waals surface area (Å²) in [5.74, 6) is 0. The zero-order valence-electron chi connectivity index (χ0n) is 14.5. The molecule has 0 unspecified atom stereocenters. The third-order valence-electron chi connectivity index (χ3n) is 5.20. The molecule has 0 aliphatic carbocycles. The van der Waals surface area contributed by atoms with Crippen molar-refractivity contribution >= 4 is 0 Å². The molecule has 1 aliphatic rings. The number of hydrogen-bond acceptors (Lipinski definition) is 0. The molecule has 0 aromatic carbocycles. The lowest BCUT2D eigenvalue weighted by Gasteiger charge is -2.41. The molecule has 1 aliphatic heterocycles. The van der Waals surface area contributed by atoms with Crippen molar-refractivity contribution in [2.75, 3.05) is 26.2 Å². The van der Waals surface area contributed by atoms with Crippen molar-refractivity contribution in [1.82, 2.24) is 0 Å². The molecule has 0 amide bonds. The van der Waals surface area contributed by atoms with E-state index in [-0.39, 0.29) is 0 Å². The number of rotatable bonds is 12. The van der Waals surface area contributed by atoms with Gasteiger partial charge in [0.05, 0.1) is 26.2 Å². The standard InChI is InChI=1S/C19H40N/c1-3-5-6-7-8-9-10-11-13-17-20(16-4-2)18-14-12-15-19-20/h3-19H2,1-2H3/q+1. The highest BCUT2D eigenvalue weighted by atomic mass is 15.3. The molecule has 0 radical (unpaired) electrons. The van der Waals surface area contributed by atoms with Gasteiger partial charge in [-0.25, -0.2) is 0 Å². The predicted octanol–water partition coefficient (Wildman–Crippen LogP) is 5.93. The van der Waals surface area contributed by atoms with Gasteiger partial charge in [-0.1, -0.05) is 58.8 Å². The van der Waals surface area contributed by atoms with Crippen molar-refractivity contribution in [2.45, 2.75) is 97.3 Å². The molecular weight excluding hydrogens is 242 g/mol. The maximum atomic E-state index is 2.37. The van der Waals surface area contributed by atoms with E-state index in [1.165, 1.54) is 114 Å². The summed E-state index contributed by atoms with van der Waals surface area (Å²) < 4.78 is 1.47. The van der Waals surface area contributed by atoms with Crippen LogP contribution in [0.2, 0.25) is 0 Å². The van der Waals surface area contributed by atoms with Crippen molar-refractivity contribution in [3.05, 3.63) is 0 Å². The van der Waals surface area contributed by atoms with Crippen molar-refractivity contribution in [1.29, 1.82) is 0 Å². The van der Waals surface area contributed by atoms with Crippen LogP contribution in [0, 0.1) is 0 Å². The van der Waals surface area contributed by atoms with Crippen molar-refractivity contribution in [3.8, 4) is 0 Å². The highest BCUT2D eigenvalue weighted by molar-refractivity contribution is 4.55. The molecule has 1 saturated heterocycles. The van der Waals surface area contributed by atoms with Gasteiger partial charge in [0, 0.05) is 0 Å². The van der Waals surface area contributed by atoms with Crippen LogP contribution in [0.4, 0.5) is 0 Å². The monoisotopic (exact) mass is 282 g/mol. The predicted molar refractivity (Wildman–Crippen MR) is 91.1 cm³/mol. The second-order valence-corrected chi connectivity index (χ2v) is 7.13. The van der Waals surface area contributed by atoms with E-state index >= 15 is 0 Å². The molecular formula is C19H40N+. The van der Waals surface area contributed by atoms with Crippen LogP contribution in [0.5, 0.6) is 0 Å². The van der Waals surface area contributed by atoms with Crippen LogP contribution in [-0.4, -0.2) is 30.7 Å². The lowest BCUT2D eigenvalue weighted by Crippen LogP contribution is -2.52. The molecule has 1 fully saturated rings. The summed E-state index contributed by atoms with van der Waals surface area (Å²) >= 11 is 0. The first-order chi connectivity index (χ1) is 9.83. The molecule has 0 spiro atoms. The average Bonchev–Trinajstić information content (AvgIpc) is 2.47. The van der Waals surface area contributed by atoms with Gasteiger partial charge in [0.2, 0.25) is 0 Å². The van der Waals surface area contributed by atoms with Gasteiger partial charge >= 0.3 is 0 Å². The minimum Gasteiger partial charge on any atom is -0.324 e. The Morgan fingerprint density at radius 3 is 1.65 bits per heavy atom. The Hall–Kier alpha value is -0.0400. The van der Waals surface area contributed by atoms with Crippen LogP contribution >= 0.6 is 0 Å². The van der Waals surface area contributed by atoms with Crippen LogP contribution in [0.3, 0.4) is 0 Å². The Bertz CT molecular complexity index is 200. The summed E-state index contributed by atoms with van der Waals surface area (Å²) in [5, 5.41) is 0. The summed E-state index contributed by atoms with van der Waals surface area (Å²) in [6.07, 6.45) is 19.0. The lowest BCUT2D eigenvalue weighted by atomic mass is 10.0. The number of unbranched alkanes of at least 4 members (excludes halogenated alkanes) is 8. The van der Waals surface area contributed by atoms with Gasteiger partial charge in [0.15, 0.2) is 0 Å². The zero-order chi connectivity index (χ0) is 14.5. The highest BCUT2D eigenvalue weighted by Crippen LogP contribution is 2.21. The van der Waals surface area contributed by atoms with Crippen LogP contribution < -0.4 is 0 Å². The van der Waals surface area contributed by atoms with Crippen LogP contribution in [-0.2, 0) is 0 Å². The van der Waals surface area contributed by atoms with E-state index in [2.05, 4.69) is 13.8 Å². The summed E-state index contributed by atoms with van der Waals surface area (Å²) in [4.78, 5) is 0. The first-order valence-electron chi connectivity index (χ1n) is 9.68. The first kappa shape index (κ1) is 18.0. The number of nitrogens with zero attached hydrogens (tertiary/aromatic N) is 1. The largest absolute Gasteiger partial charge is 0.324 e. The number of hydrogen-bond donors (Lipinski definition) is 0. The number of likely N-dealkylation sites (tertiary alicyclic amines) is 1. The molecule has 0 bridgehead atoms. The molecule has 0 aromatic rings. The van der Waals surface area contributed by atoms with Crippen molar-refractivity contribution < 1.29 is 4.48 Å². The number of quaternary nitrogens is 1. The van der Waals surface area contributed by atoms with Crippen LogP contribution in [0.25, 0.3) is 0 Å². The molecule has 1 heteroatoms. The summed E-state index contributed by atoms with van der Waals surface area (Å²) in [6, 6.07) is 0. The van der Waals surface area contributed by atoms with E-state index in [1.807, 2.05) is 0 Å². The zero-order valence-corrected chi connectivity index (χ0v) is 14.5. The Morgan fingerprint density at radius 2 is 1.10 bits per heavy atom. The average molecular weight is 283 g/mol. The van der Waals surface area contributed by atoms with E-state index in [0.717, 1.165) is 0 Å². The Labute approximate surface area is 128 Å². The van der Waals surface area contributed by atoms with Gasteiger partial charge in [0.1, 0.15) is 0 Å². The quantitative estimate of drug-likeness (QED) is 0.307. The van der Waals surface area contributed by atoms with Gasteiger partial charge in [0.25, 0.3) is 0 Å². The number of piperidine rings is 1. The van der Waals surface area contributed by atoms with Crippen LogP contribution in [0.1, 0.15) is 97.3 Å². The van der Waals surface area contributed by atoms with Gasteiger partial charge in [-0.2, -0.15) is 0 Å². The normalized spacial score (nSPS) is 18.3. The molecule has 0 N–H and O–H groups in total. The smallest absolute Gasteiger partial charge is 0.0786 e. The first-order valence-corrected chi connectivity index (χ1v) is 9.68. The van der Waals surface area contributed by atoms with Gasteiger partial charge in [-0.3, -0.25) is 0 Å². The molecule has 20 heavy (non-hydrogen) atoms. The minimum absolute atomic E-state index is 1.37. The lowest BCUT2D eigenvalue weighted by molar-refractivity contribution is -0.932. The Morgan fingerprint density at radius 1 is 0.550 bits per heavy atom. The second kappa shape index (κ2) is 11.6. The van der Waals surface area contributed by atoms with Gasteiger partial charge in [-0.15, -0.1) is 0 Å². The molecule has 0 saturated carbocycles. The van der Waals surface area contributed by atoms with Gasteiger partial charge < -0.3 is 4.48 Å². The van der Waals surface area contributed by atoms with E-state index in [4.69, 9.17) is 0 Å². The Kier molecular flexibility index (Phi) is 10.4. The molecule has 1 heterocycles. The van der Waals surface area contributed by atoms with Crippen LogP contribution in [0.15, 0.2) is 0 Å². The van der Waals surface area contributed by atoms with E-state index < -0.39 is 0 Å². The Balaban J connectivity index is 2.00. The molecule has 1 nitrogen and oxygen atoms in total. The third-order valence-corrected chi connectivity index (χ3v) is 5.20. The van der Waals surface area contributed by atoms with Gasteiger partial charge in [-0.05, 0) is 38.5 Å². The second-order valence-electron chi connectivity index (χ2n) is 7.13. The fourth-order valence-corrected chi connectivity index (χ4v) is 3.97. The van der Waals surface area contributed by atoms with E-state index in [9.17, 15) is 0 Å². The summed E-state index contributed by atoms with van der Waals surface area (Å²) in [7, 11) is 0. The molecule has 0 aromatic heterocycles. The summed E-state index contributed by atoms with van der Waals surface area (Å²) in [5.41, 5.74) is 0.